The number of amides is 1. The van der Waals surface area contributed by atoms with E-state index >= 15 is 0 Å². The van der Waals surface area contributed by atoms with Gasteiger partial charge in [-0.2, -0.15) is 0 Å². The van der Waals surface area contributed by atoms with Crippen LogP contribution in [-0.4, -0.2) is 53.1 Å². The number of carbonyl (C=O) groups is 2. The molecule has 4 heterocycles. The number of para-hydroxylation sites is 1. The van der Waals surface area contributed by atoms with Crippen molar-refractivity contribution < 1.29 is 23.5 Å². The number of pyridine rings is 2. The van der Waals surface area contributed by atoms with Gasteiger partial charge in [0.15, 0.2) is 5.76 Å². The quantitative estimate of drug-likeness (QED) is 0.385. The molecule has 0 fully saturated rings. The molecule has 1 amide bonds. The van der Waals surface area contributed by atoms with E-state index in [4.69, 9.17) is 13.9 Å². The molecule has 0 aliphatic carbocycles. The summed E-state index contributed by atoms with van der Waals surface area (Å²) >= 11 is 0. The van der Waals surface area contributed by atoms with Crippen molar-refractivity contribution in [1.29, 1.82) is 0 Å². The number of ether oxygens (including phenoxy) is 2. The smallest absolute Gasteiger partial charge is 0.343 e. The van der Waals surface area contributed by atoms with Crippen LogP contribution in [0.1, 0.15) is 32.3 Å². The van der Waals surface area contributed by atoms with E-state index in [1.807, 2.05) is 42.5 Å². The van der Waals surface area contributed by atoms with Crippen molar-refractivity contribution in [1.82, 2.24) is 14.5 Å². The van der Waals surface area contributed by atoms with Gasteiger partial charge >= 0.3 is 5.97 Å². The fraction of sp³-hybridized carbons (Fsp3) is 0.259. The fourth-order valence-corrected chi connectivity index (χ4v) is 4.44. The van der Waals surface area contributed by atoms with Crippen LogP contribution in [0.5, 0.6) is 5.75 Å². The predicted molar refractivity (Wildman–Crippen MR) is 131 cm³/mol. The molecular formula is C27H25N3O6. The highest BCUT2D eigenvalue weighted by Gasteiger charge is 2.28. The summed E-state index contributed by atoms with van der Waals surface area (Å²) in [5.74, 6) is -0.450. The molecule has 5 rings (SSSR count). The standard InChI is InChI=1S/C27H25N3O6/c1-34-27(33)25-20-9-12-29(26(32)23-16-18-6-2-3-8-21(18)36-23)13-14-30(20)24(31)17-22(25)35-15-10-19-7-4-5-11-28-19/h2-8,11,16-17H,9-10,12-15H2,1H3. The first-order valence-electron chi connectivity index (χ1n) is 11.7. The van der Waals surface area contributed by atoms with Gasteiger partial charge in [0.25, 0.3) is 11.5 Å². The maximum absolute atomic E-state index is 13.2. The first kappa shape index (κ1) is 23.3. The summed E-state index contributed by atoms with van der Waals surface area (Å²) in [5, 5.41) is 0.843. The third-order valence-electron chi connectivity index (χ3n) is 6.25. The van der Waals surface area contributed by atoms with Crippen LogP contribution in [0.2, 0.25) is 0 Å². The third kappa shape index (κ3) is 4.59. The molecule has 0 bridgehead atoms. The van der Waals surface area contributed by atoms with Crippen LogP contribution in [0.3, 0.4) is 0 Å². The third-order valence-corrected chi connectivity index (χ3v) is 6.25. The van der Waals surface area contributed by atoms with Crippen LogP contribution < -0.4 is 10.3 Å². The van der Waals surface area contributed by atoms with Crippen molar-refractivity contribution in [3.63, 3.8) is 0 Å². The van der Waals surface area contributed by atoms with E-state index in [9.17, 15) is 14.4 Å². The summed E-state index contributed by atoms with van der Waals surface area (Å²) in [6, 6.07) is 16.0. The molecule has 9 heteroatoms. The van der Waals surface area contributed by atoms with Crippen molar-refractivity contribution in [2.75, 3.05) is 26.8 Å². The average molecular weight is 488 g/mol. The molecule has 3 aromatic heterocycles. The Morgan fingerprint density at radius 2 is 1.89 bits per heavy atom. The zero-order chi connectivity index (χ0) is 25.1. The van der Waals surface area contributed by atoms with Gasteiger partial charge in [-0.15, -0.1) is 0 Å². The molecule has 0 radical (unpaired) electrons. The molecule has 0 spiro atoms. The number of carbonyl (C=O) groups excluding carboxylic acids is 2. The Morgan fingerprint density at radius 1 is 1.06 bits per heavy atom. The first-order chi connectivity index (χ1) is 17.5. The van der Waals surface area contributed by atoms with Gasteiger partial charge in [0.2, 0.25) is 0 Å². The second-order valence-electron chi connectivity index (χ2n) is 8.42. The lowest BCUT2D eigenvalue weighted by molar-refractivity contribution is 0.0593. The van der Waals surface area contributed by atoms with E-state index < -0.39 is 5.97 Å². The van der Waals surface area contributed by atoms with Crippen LogP contribution in [0.25, 0.3) is 11.0 Å². The summed E-state index contributed by atoms with van der Waals surface area (Å²) in [4.78, 5) is 44.9. The molecular weight excluding hydrogens is 462 g/mol. The highest BCUT2D eigenvalue weighted by Crippen LogP contribution is 2.25. The molecule has 0 unspecified atom stereocenters. The van der Waals surface area contributed by atoms with Crippen LogP contribution in [-0.2, 0) is 24.1 Å². The molecule has 0 N–H and O–H groups in total. The number of rotatable bonds is 6. The number of methoxy groups -OCH3 is 1. The Bertz CT molecular complexity index is 1440. The number of nitrogens with zero attached hydrogens (tertiary/aromatic N) is 3. The van der Waals surface area contributed by atoms with Crippen LogP contribution in [0, 0.1) is 0 Å². The molecule has 1 aliphatic rings. The number of hydrogen-bond donors (Lipinski definition) is 0. The predicted octanol–water partition coefficient (Wildman–Crippen LogP) is 3.10. The number of benzene rings is 1. The Morgan fingerprint density at radius 3 is 2.67 bits per heavy atom. The fourth-order valence-electron chi connectivity index (χ4n) is 4.44. The summed E-state index contributed by atoms with van der Waals surface area (Å²) in [7, 11) is 1.29. The molecule has 0 saturated heterocycles. The zero-order valence-electron chi connectivity index (χ0n) is 19.8. The highest BCUT2D eigenvalue weighted by molar-refractivity contribution is 5.96. The van der Waals surface area contributed by atoms with Crippen LogP contribution >= 0.6 is 0 Å². The number of aromatic nitrogens is 2. The SMILES string of the molecule is COC(=O)c1c(OCCc2ccccn2)cc(=O)n2c1CCN(C(=O)c1cc3ccccc3o1)CC2. The number of esters is 1. The lowest BCUT2D eigenvalue weighted by Gasteiger charge is -2.18. The second-order valence-corrected chi connectivity index (χ2v) is 8.42. The summed E-state index contributed by atoms with van der Waals surface area (Å²) in [5.41, 5.74) is 1.86. The van der Waals surface area contributed by atoms with Gasteiger partial charge in [0.1, 0.15) is 16.9 Å². The minimum atomic E-state index is -0.594. The van der Waals surface area contributed by atoms with E-state index in [-0.39, 0.29) is 48.1 Å². The Hall–Kier alpha value is -4.40. The Balaban J connectivity index is 1.39. The van der Waals surface area contributed by atoms with Crippen LogP contribution in [0.15, 0.2) is 70.0 Å². The molecule has 1 aromatic carbocycles. The first-order valence-corrected chi connectivity index (χ1v) is 11.7. The van der Waals surface area contributed by atoms with Crippen molar-refractivity contribution in [3.05, 3.63) is 93.9 Å². The molecule has 0 saturated carbocycles. The molecule has 36 heavy (non-hydrogen) atoms. The van der Waals surface area contributed by atoms with E-state index in [1.54, 1.807) is 17.2 Å². The van der Waals surface area contributed by atoms with E-state index in [0.717, 1.165) is 11.1 Å². The lowest BCUT2D eigenvalue weighted by Crippen LogP contribution is -2.34. The summed E-state index contributed by atoms with van der Waals surface area (Å²) < 4.78 is 18.2. The largest absolute Gasteiger partial charge is 0.492 e. The molecule has 1 aliphatic heterocycles. The lowest BCUT2D eigenvalue weighted by atomic mass is 10.1. The maximum atomic E-state index is 13.2. The van der Waals surface area contributed by atoms with Gasteiger partial charge in [-0.3, -0.25) is 14.6 Å². The van der Waals surface area contributed by atoms with Crippen molar-refractivity contribution in [3.8, 4) is 5.75 Å². The zero-order valence-corrected chi connectivity index (χ0v) is 19.8. The van der Waals surface area contributed by atoms with Gasteiger partial charge in [0.05, 0.1) is 13.7 Å². The minimum absolute atomic E-state index is 0.172. The average Bonchev–Trinajstić information content (AvgIpc) is 3.21. The molecule has 9 nitrogen and oxygen atoms in total. The number of hydrogen-bond acceptors (Lipinski definition) is 7. The van der Waals surface area contributed by atoms with E-state index in [0.29, 0.717) is 30.8 Å². The Kier molecular flexibility index (Phi) is 6.53. The van der Waals surface area contributed by atoms with Crippen molar-refractivity contribution >= 4 is 22.8 Å². The van der Waals surface area contributed by atoms with Crippen LogP contribution in [0.4, 0.5) is 0 Å². The molecule has 4 aromatic rings. The van der Waals surface area contributed by atoms with E-state index in [2.05, 4.69) is 4.98 Å². The van der Waals surface area contributed by atoms with E-state index in [1.165, 1.54) is 17.7 Å². The van der Waals surface area contributed by atoms with Gasteiger partial charge < -0.3 is 23.4 Å². The van der Waals surface area contributed by atoms with Crippen molar-refractivity contribution in [2.45, 2.75) is 19.4 Å². The highest BCUT2D eigenvalue weighted by atomic mass is 16.5. The summed E-state index contributed by atoms with van der Waals surface area (Å²) in [6.45, 7) is 1.07. The topological polar surface area (TPSA) is 104 Å². The monoisotopic (exact) mass is 487 g/mol. The maximum Gasteiger partial charge on any atom is 0.343 e. The Labute approximate surface area is 206 Å². The van der Waals surface area contributed by atoms with Gasteiger partial charge in [-0.05, 0) is 24.3 Å². The normalized spacial score (nSPS) is 13.2. The van der Waals surface area contributed by atoms with Gasteiger partial charge in [-0.25, -0.2) is 4.79 Å². The van der Waals surface area contributed by atoms with Crippen molar-refractivity contribution in [2.24, 2.45) is 0 Å². The molecule has 184 valence electrons. The van der Waals surface area contributed by atoms with Gasteiger partial charge in [-0.1, -0.05) is 24.3 Å². The number of furan rings is 1. The minimum Gasteiger partial charge on any atom is -0.492 e. The molecule has 0 atom stereocenters. The summed E-state index contributed by atoms with van der Waals surface area (Å²) in [6.07, 6.45) is 2.49. The number of fused-ring (bicyclic) bond motifs is 2. The second kappa shape index (κ2) is 10.1. The van der Waals surface area contributed by atoms with Gasteiger partial charge in [0, 0.05) is 61.5 Å².